The van der Waals surface area contributed by atoms with Crippen molar-refractivity contribution in [3.8, 4) is 0 Å². The Hall–Kier alpha value is -2.91. The van der Waals surface area contributed by atoms with Crippen LogP contribution >= 0.6 is 0 Å². The Balaban J connectivity index is 1.97. The average molecular weight is 392 g/mol. The van der Waals surface area contributed by atoms with Crippen LogP contribution in [0.25, 0.3) is 0 Å². The van der Waals surface area contributed by atoms with E-state index in [9.17, 15) is 18.0 Å². The van der Waals surface area contributed by atoms with E-state index in [0.717, 1.165) is 0 Å². The molecule has 8 nitrogen and oxygen atoms in total. The molecule has 0 saturated heterocycles. The van der Waals surface area contributed by atoms with E-state index in [-0.39, 0.29) is 23.5 Å². The van der Waals surface area contributed by atoms with Crippen LogP contribution in [0.5, 0.6) is 0 Å². The Labute approximate surface area is 157 Å². The molecule has 0 spiro atoms. The third kappa shape index (κ3) is 5.80. The molecule has 2 rings (SSSR count). The molecule has 1 heterocycles. The normalized spacial score (nSPS) is 12.2. The van der Waals surface area contributed by atoms with Crippen molar-refractivity contribution in [1.29, 1.82) is 0 Å². The number of amides is 1. The van der Waals surface area contributed by atoms with E-state index in [4.69, 9.17) is 9.15 Å². The lowest BCUT2D eigenvalue weighted by molar-refractivity contribution is -0.128. The molecule has 9 heteroatoms. The Kier molecular flexibility index (Phi) is 6.91. The molecule has 0 aliphatic carbocycles. The first kappa shape index (κ1) is 20.4. The zero-order chi connectivity index (χ0) is 19.9. The van der Waals surface area contributed by atoms with Crippen molar-refractivity contribution < 1.29 is 27.2 Å². The summed E-state index contributed by atoms with van der Waals surface area (Å²) in [7, 11) is -3.76. The van der Waals surface area contributed by atoms with Crippen LogP contribution in [0, 0.1) is 0 Å². The van der Waals surface area contributed by atoms with Crippen LogP contribution in [-0.2, 0) is 26.1 Å². The van der Waals surface area contributed by atoms with Gasteiger partial charge in [-0.15, -0.1) is 6.58 Å². The van der Waals surface area contributed by atoms with E-state index in [0.29, 0.717) is 5.76 Å². The molecule has 0 aliphatic heterocycles. The standard InChI is InChI=1S/C18H20N2O6S/c1-3-10-19-17(21)13(2)26-18(22)14-6-8-16(9-7-14)27(23,24)20-12-15-5-4-11-25-15/h3-9,11,13,20H,1,10,12H2,2H3,(H,19,21). The number of carbonyl (C=O) groups is 2. The number of hydrogen-bond acceptors (Lipinski definition) is 6. The fraction of sp³-hybridized carbons (Fsp3) is 0.222. The van der Waals surface area contributed by atoms with Crippen LogP contribution < -0.4 is 10.0 Å². The molecule has 1 unspecified atom stereocenters. The van der Waals surface area contributed by atoms with Gasteiger partial charge in [-0.2, -0.15) is 0 Å². The maximum atomic E-state index is 12.2. The zero-order valence-corrected chi connectivity index (χ0v) is 15.5. The van der Waals surface area contributed by atoms with Crippen molar-refractivity contribution in [1.82, 2.24) is 10.0 Å². The second kappa shape index (κ2) is 9.15. The lowest BCUT2D eigenvalue weighted by Gasteiger charge is -2.13. The molecular formula is C18H20N2O6S. The monoisotopic (exact) mass is 392 g/mol. The lowest BCUT2D eigenvalue weighted by atomic mass is 10.2. The van der Waals surface area contributed by atoms with E-state index >= 15 is 0 Å². The SMILES string of the molecule is C=CCNC(=O)C(C)OC(=O)c1ccc(S(=O)(=O)NCc2ccco2)cc1. The Bertz CT molecular complexity index is 888. The number of nitrogens with one attached hydrogen (secondary N) is 2. The topological polar surface area (TPSA) is 115 Å². The summed E-state index contributed by atoms with van der Waals surface area (Å²) in [5.41, 5.74) is 0.128. The summed E-state index contributed by atoms with van der Waals surface area (Å²) in [5.74, 6) is -0.712. The highest BCUT2D eigenvalue weighted by Gasteiger charge is 2.20. The van der Waals surface area contributed by atoms with E-state index < -0.39 is 28.0 Å². The van der Waals surface area contributed by atoms with E-state index in [1.807, 2.05) is 0 Å². The Morgan fingerprint density at radius 3 is 2.56 bits per heavy atom. The molecule has 2 N–H and O–H groups in total. The van der Waals surface area contributed by atoms with Gasteiger partial charge in [-0.05, 0) is 43.3 Å². The third-order valence-electron chi connectivity index (χ3n) is 3.49. The van der Waals surface area contributed by atoms with E-state index in [1.54, 1.807) is 12.1 Å². The maximum absolute atomic E-state index is 12.2. The maximum Gasteiger partial charge on any atom is 0.338 e. The molecule has 0 aliphatic rings. The van der Waals surface area contributed by atoms with Crippen LogP contribution in [0.1, 0.15) is 23.0 Å². The highest BCUT2D eigenvalue weighted by Crippen LogP contribution is 2.13. The summed E-state index contributed by atoms with van der Waals surface area (Å²) < 4.78 is 37.0. The summed E-state index contributed by atoms with van der Waals surface area (Å²) in [4.78, 5) is 23.8. The molecular weight excluding hydrogens is 372 g/mol. The predicted molar refractivity (Wildman–Crippen MR) is 97.3 cm³/mol. The molecule has 0 saturated carbocycles. The van der Waals surface area contributed by atoms with Gasteiger partial charge in [0, 0.05) is 6.54 Å². The summed E-state index contributed by atoms with van der Waals surface area (Å²) >= 11 is 0. The van der Waals surface area contributed by atoms with Gasteiger partial charge in [-0.25, -0.2) is 17.9 Å². The zero-order valence-electron chi connectivity index (χ0n) is 14.7. The number of rotatable bonds is 9. The first-order valence-electron chi connectivity index (χ1n) is 8.05. The summed E-state index contributed by atoms with van der Waals surface area (Å²) in [6.07, 6.45) is 1.96. The Morgan fingerprint density at radius 1 is 1.26 bits per heavy atom. The molecule has 1 aromatic carbocycles. The molecule has 1 aromatic heterocycles. The molecule has 0 radical (unpaired) electrons. The average Bonchev–Trinajstić information content (AvgIpc) is 3.18. The fourth-order valence-corrected chi connectivity index (χ4v) is 3.02. The van der Waals surface area contributed by atoms with E-state index in [1.165, 1.54) is 43.5 Å². The van der Waals surface area contributed by atoms with Gasteiger partial charge in [0.25, 0.3) is 5.91 Å². The van der Waals surface area contributed by atoms with Crippen molar-refractivity contribution in [2.45, 2.75) is 24.5 Å². The quantitative estimate of drug-likeness (QED) is 0.495. The summed E-state index contributed by atoms with van der Waals surface area (Å²) in [5, 5.41) is 2.51. The van der Waals surface area contributed by atoms with Gasteiger partial charge < -0.3 is 14.5 Å². The van der Waals surface area contributed by atoms with Crippen LogP contribution in [0.3, 0.4) is 0 Å². The minimum absolute atomic E-state index is 0.0104. The first-order valence-corrected chi connectivity index (χ1v) is 9.53. The first-order chi connectivity index (χ1) is 12.8. The largest absolute Gasteiger partial charge is 0.468 e. The lowest BCUT2D eigenvalue weighted by Crippen LogP contribution is -2.35. The number of sulfonamides is 1. The van der Waals surface area contributed by atoms with E-state index in [2.05, 4.69) is 16.6 Å². The molecule has 27 heavy (non-hydrogen) atoms. The molecule has 0 fully saturated rings. The van der Waals surface area contributed by atoms with Gasteiger partial charge >= 0.3 is 5.97 Å². The van der Waals surface area contributed by atoms with Gasteiger partial charge in [0.15, 0.2) is 6.10 Å². The highest BCUT2D eigenvalue weighted by molar-refractivity contribution is 7.89. The highest BCUT2D eigenvalue weighted by atomic mass is 32.2. The van der Waals surface area contributed by atoms with Crippen molar-refractivity contribution in [3.05, 3.63) is 66.6 Å². The second-order valence-electron chi connectivity index (χ2n) is 5.51. The number of hydrogen-bond donors (Lipinski definition) is 2. The molecule has 0 bridgehead atoms. The summed E-state index contributed by atoms with van der Waals surface area (Å²) in [6, 6.07) is 8.50. The Morgan fingerprint density at radius 2 is 1.96 bits per heavy atom. The van der Waals surface area contributed by atoms with Gasteiger partial charge in [-0.1, -0.05) is 6.08 Å². The van der Waals surface area contributed by atoms with Crippen molar-refractivity contribution in [2.75, 3.05) is 6.54 Å². The van der Waals surface area contributed by atoms with Crippen LogP contribution in [0.2, 0.25) is 0 Å². The number of esters is 1. The number of carbonyl (C=O) groups excluding carboxylic acids is 2. The molecule has 1 atom stereocenters. The number of ether oxygens (including phenoxy) is 1. The van der Waals surface area contributed by atoms with Gasteiger partial charge in [0.1, 0.15) is 5.76 Å². The minimum Gasteiger partial charge on any atom is -0.468 e. The minimum atomic E-state index is -3.76. The van der Waals surface area contributed by atoms with Gasteiger partial charge in [0.05, 0.1) is 23.3 Å². The van der Waals surface area contributed by atoms with Gasteiger partial charge in [0.2, 0.25) is 10.0 Å². The fourth-order valence-electron chi connectivity index (χ4n) is 2.03. The number of furan rings is 1. The van der Waals surface area contributed by atoms with Crippen LogP contribution in [0.4, 0.5) is 0 Å². The van der Waals surface area contributed by atoms with Crippen molar-refractivity contribution in [3.63, 3.8) is 0 Å². The summed E-state index contributed by atoms with van der Waals surface area (Å²) in [6.45, 7) is 5.18. The predicted octanol–water partition coefficient (Wildman–Crippen LogP) is 1.61. The smallest absolute Gasteiger partial charge is 0.338 e. The van der Waals surface area contributed by atoms with Gasteiger partial charge in [-0.3, -0.25) is 4.79 Å². The van der Waals surface area contributed by atoms with Crippen LogP contribution in [-0.4, -0.2) is 32.9 Å². The molecule has 1 amide bonds. The third-order valence-corrected chi connectivity index (χ3v) is 4.91. The second-order valence-corrected chi connectivity index (χ2v) is 7.28. The number of benzene rings is 1. The van der Waals surface area contributed by atoms with Crippen molar-refractivity contribution >= 4 is 21.9 Å². The van der Waals surface area contributed by atoms with Crippen LogP contribution in [0.15, 0.2) is 64.6 Å². The van der Waals surface area contributed by atoms with Crippen molar-refractivity contribution in [2.24, 2.45) is 0 Å². The molecule has 144 valence electrons. The molecule has 2 aromatic rings.